The average molecular weight is 313 g/mol. The molecule has 2 aliphatic rings. The number of hydrogen-bond donors (Lipinski definition) is 1. The molecular formula is C18H16FNO3. The molecule has 23 heavy (non-hydrogen) atoms. The third kappa shape index (κ3) is 2.23. The standard InChI is InChI=1S/C18H16FNO3/c19-11-7-8-16-14(10-11)20-9-3-5-13(18(21)22)17(20)12-4-1-2-6-15(12)23-16/h1-2,4,6-8,10,13,17H,3,5,9H2,(H,21,22)/t13-,17+/m0/s1. The van der Waals surface area contributed by atoms with Crippen LogP contribution in [0.1, 0.15) is 24.4 Å². The van der Waals surface area contributed by atoms with Crippen LogP contribution in [0.2, 0.25) is 0 Å². The SMILES string of the molecule is O=C(O)[C@H]1CCCN2c3cc(F)ccc3Oc3ccccc3[C@H]12. The minimum absolute atomic E-state index is 0.347. The highest BCUT2D eigenvalue weighted by molar-refractivity contribution is 5.75. The molecule has 0 amide bonds. The van der Waals surface area contributed by atoms with Gasteiger partial charge in [0.25, 0.3) is 0 Å². The van der Waals surface area contributed by atoms with E-state index in [9.17, 15) is 14.3 Å². The summed E-state index contributed by atoms with van der Waals surface area (Å²) >= 11 is 0. The molecule has 4 nitrogen and oxygen atoms in total. The smallest absolute Gasteiger partial charge is 0.308 e. The van der Waals surface area contributed by atoms with Crippen LogP contribution < -0.4 is 9.64 Å². The van der Waals surface area contributed by atoms with Crippen molar-refractivity contribution in [3.05, 3.63) is 53.8 Å². The number of fused-ring (bicyclic) bond motifs is 5. The van der Waals surface area contributed by atoms with Crippen molar-refractivity contribution in [3.63, 3.8) is 0 Å². The molecule has 1 fully saturated rings. The highest BCUT2D eigenvalue weighted by atomic mass is 19.1. The lowest BCUT2D eigenvalue weighted by Crippen LogP contribution is -2.41. The maximum Gasteiger partial charge on any atom is 0.308 e. The first-order valence-electron chi connectivity index (χ1n) is 7.71. The van der Waals surface area contributed by atoms with Gasteiger partial charge in [-0.15, -0.1) is 0 Å². The van der Waals surface area contributed by atoms with E-state index in [-0.39, 0.29) is 11.9 Å². The second-order valence-electron chi connectivity index (χ2n) is 5.98. The Hall–Kier alpha value is -2.56. The number of hydrogen-bond acceptors (Lipinski definition) is 3. The summed E-state index contributed by atoms with van der Waals surface area (Å²) in [5.74, 6) is -0.514. The predicted octanol–water partition coefficient (Wildman–Crippen LogP) is 3.97. The van der Waals surface area contributed by atoms with Crippen LogP contribution >= 0.6 is 0 Å². The molecule has 0 spiro atoms. The van der Waals surface area contributed by atoms with Gasteiger partial charge in [0, 0.05) is 18.2 Å². The Labute approximate surface area is 133 Å². The molecule has 0 aromatic heterocycles. The molecule has 5 heteroatoms. The zero-order chi connectivity index (χ0) is 16.0. The number of carboxylic acids is 1. The van der Waals surface area contributed by atoms with E-state index >= 15 is 0 Å². The number of aliphatic carboxylic acids is 1. The van der Waals surface area contributed by atoms with E-state index in [0.717, 1.165) is 12.0 Å². The third-order valence-electron chi connectivity index (χ3n) is 4.64. The Bertz CT molecular complexity index is 777. The van der Waals surface area contributed by atoms with Crippen molar-refractivity contribution in [1.82, 2.24) is 0 Å². The molecule has 0 bridgehead atoms. The molecule has 2 aromatic rings. The first-order chi connectivity index (χ1) is 11.1. The number of nitrogens with zero attached hydrogens (tertiary/aromatic N) is 1. The highest BCUT2D eigenvalue weighted by Gasteiger charge is 2.41. The predicted molar refractivity (Wildman–Crippen MR) is 83.4 cm³/mol. The van der Waals surface area contributed by atoms with Crippen LogP contribution in [0.15, 0.2) is 42.5 Å². The number of anilines is 1. The van der Waals surface area contributed by atoms with Gasteiger partial charge in [-0.25, -0.2) is 4.39 Å². The maximum absolute atomic E-state index is 13.8. The second-order valence-corrected chi connectivity index (χ2v) is 5.98. The van der Waals surface area contributed by atoms with Crippen LogP contribution in [0.5, 0.6) is 11.5 Å². The van der Waals surface area contributed by atoms with Gasteiger partial charge in [0.2, 0.25) is 0 Å². The van der Waals surface area contributed by atoms with E-state index in [4.69, 9.17) is 4.74 Å². The topological polar surface area (TPSA) is 49.8 Å². The van der Waals surface area contributed by atoms with Crippen LogP contribution in [0.3, 0.4) is 0 Å². The van der Waals surface area contributed by atoms with Gasteiger partial charge in [0.15, 0.2) is 5.75 Å². The number of ether oxygens (including phenoxy) is 1. The monoisotopic (exact) mass is 313 g/mol. The van der Waals surface area contributed by atoms with Gasteiger partial charge in [0.1, 0.15) is 11.6 Å². The lowest BCUT2D eigenvalue weighted by atomic mass is 9.84. The molecule has 0 aliphatic carbocycles. The number of carbonyl (C=O) groups is 1. The van der Waals surface area contributed by atoms with Gasteiger partial charge in [-0.1, -0.05) is 18.2 Å². The number of para-hydroxylation sites is 1. The molecule has 118 valence electrons. The van der Waals surface area contributed by atoms with Crippen LogP contribution in [-0.2, 0) is 4.79 Å². The van der Waals surface area contributed by atoms with Gasteiger partial charge >= 0.3 is 5.97 Å². The summed E-state index contributed by atoms with van der Waals surface area (Å²) < 4.78 is 19.7. The van der Waals surface area contributed by atoms with E-state index < -0.39 is 11.9 Å². The van der Waals surface area contributed by atoms with Crippen molar-refractivity contribution >= 4 is 11.7 Å². The van der Waals surface area contributed by atoms with Crippen LogP contribution in [-0.4, -0.2) is 17.6 Å². The van der Waals surface area contributed by atoms with Gasteiger partial charge in [-0.2, -0.15) is 0 Å². The van der Waals surface area contributed by atoms with Crippen molar-refractivity contribution in [3.8, 4) is 11.5 Å². The molecular weight excluding hydrogens is 297 g/mol. The second kappa shape index (κ2) is 5.26. The highest BCUT2D eigenvalue weighted by Crippen LogP contribution is 2.49. The Morgan fingerprint density at radius 2 is 2.04 bits per heavy atom. The Balaban J connectivity index is 1.95. The quantitative estimate of drug-likeness (QED) is 0.865. The number of halogens is 1. The van der Waals surface area contributed by atoms with Crippen molar-refractivity contribution in [1.29, 1.82) is 0 Å². The molecule has 0 unspecified atom stereocenters. The Morgan fingerprint density at radius 1 is 1.22 bits per heavy atom. The number of rotatable bonds is 1. The first kappa shape index (κ1) is 14.1. The molecule has 1 N–H and O–H groups in total. The van der Waals surface area contributed by atoms with Crippen molar-refractivity contribution < 1.29 is 19.0 Å². The van der Waals surface area contributed by atoms with E-state index in [1.165, 1.54) is 12.1 Å². The van der Waals surface area contributed by atoms with Gasteiger partial charge < -0.3 is 14.7 Å². The van der Waals surface area contributed by atoms with Gasteiger partial charge in [-0.05, 0) is 31.0 Å². The van der Waals surface area contributed by atoms with Crippen molar-refractivity contribution in [2.45, 2.75) is 18.9 Å². The molecule has 2 heterocycles. The summed E-state index contributed by atoms with van der Waals surface area (Å²) in [4.78, 5) is 13.7. The van der Waals surface area contributed by atoms with Gasteiger partial charge in [0.05, 0.1) is 17.6 Å². The molecule has 2 aromatic carbocycles. The molecule has 1 saturated heterocycles. The van der Waals surface area contributed by atoms with Gasteiger partial charge in [-0.3, -0.25) is 4.79 Å². The summed E-state index contributed by atoms with van der Waals surface area (Å²) in [5.41, 5.74) is 1.47. The van der Waals surface area contributed by atoms with E-state index in [0.29, 0.717) is 30.2 Å². The molecule has 4 rings (SSSR count). The minimum atomic E-state index is -0.825. The summed E-state index contributed by atoms with van der Waals surface area (Å²) in [6.07, 6.45) is 1.36. The van der Waals surface area contributed by atoms with E-state index in [1.54, 1.807) is 6.07 Å². The third-order valence-corrected chi connectivity index (χ3v) is 4.64. The van der Waals surface area contributed by atoms with Crippen LogP contribution in [0.4, 0.5) is 10.1 Å². The largest absolute Gasteiger partial charge is 0.481 e. The fraction of sp³-hybridized carbons (Fsp3) is 0.278. The Morgan fingerprint density at radius 3 is 2.87 bits per heavy atom. The van der Waals surface area contributed by atoms with E-state index in [2.05, 4.69) is 0 Å². The summed E-state index contributed by atoms with van der Waals surface area (Å²) in [6.45, 7) is 0.683. The fourth-order valence-electron chi connectivity index (χ4n) is 3.65. The fourth-order valence-corrected chi connectivity index (χ4v) is 3.65. The normalized spacial score (nSPS) is 22.2. The molecule has 0 saturated carbocycles. The zero-order valence-corrected chi connectivity index (χ0v) is 12.4. The first-order valence-corrected chi connectivity index (χ1v) is 7.71. The molecule has 2 atom stereocenters. The maximum atomic E-state index is 13.8. The number of piperidine rings is 1. The molecule has 0 radical (unpaired) electrons. The van der Waals surface area contributed by atoms with Crippen LogP contribution in [0.25, 0.3) is 0 Å². The average Bonchev–Trinajstić information content (AvgIpc) is 2.69. The van der Waals surface area contributed by atoms with E-state index in [1.807, 2.05) is 29.2 Å². The van der Waals surface area contributed by atoms with Crippen molar-refractivity contribution in [2.24, 2.45) is 5.92 Å². The van der Waals surface area contributed by atoms with Crippen molar-refractivity contribution in [2.75, 3.05) is 11.4 Å². The summed E-state index contributed by atoms with van der Waals surface area (Å²) in [6, 6.07) is 11.5. The summed E-state index contributed by atoms with van der Waals surface area (Å²) in [5, 5.41) is 9.66. The van der Waals surface area contributed by atoms with Crippen LogP contribution in [0, 0.1) is 11.7 Å². The zero-order valence-electron chi connectivity index (χ0n) is 12.4. The Kier molecular flexibility index (Phi) is 3.22. The number of benzene rings is 2. The summed E-state index contributed by atoms with van der Waals surface area (Å²) in [7, 11) is 0. The lowest BCUT2D eigenvalue weighted by Gasteiger charge is -2.40. The minimum Gasteiger partial charge on any atom is -0.481 e. The number of carboxylic acid groups (broad SMARTS) is 1. The molecule has 2 aliphatic heterocycles. The lowest BCUT2D eigenvalue weighted by molar-refractivity contribution is -0.143.